The Balaban J connectivity index is 1.93. The highest BCUT2D eigenvalue weighted by atomic mass is 79.9. The van der Waals surface area contributed by atoms with Crippen LogP contribution in [0.5, 0.6) is 0 Å². The average molecular weight is 464 g/mol. The molecule has 2 rings (SSSR count). The maximum Gasteiger partial charge on any atom is 0.317 e. The number of nitrogens with one attached hydrogen (secondary N) is 1. The van der Waals surface area contributed by atoms with Crippen molar-refractivity contribution in [3.05, 3.63) is 56.6 Å². The molecule has 6 heteroatoms. The third-order valence-electron chi connectivity index (χ3n) is 4.40. The van der Waals surface area contributed by atoms with Gasteiger partial charge in [-0.3, -0.25) is 9.59 Å². The number of aryl methyl sites for hydroxylation is 5. The van der Waals surface area contributed by atoms with Crippen LogP contribution in [0.15, 0.2) is 33.6 Å². The number of amides is 1. The number of carbonyl (C=O) groups excluding carboxylic acids is 2. The number of rotatable bonds is 6. The van der Waals surface area contributed by atoms with Crippen molar-refractivity contribution < 1.29 is 14.3 Å². The van der Waals surface area contributed by atoms with Crippen molar-refractivity contribution in [1.82, 2.24) is 0 Å². The number of carbonyl (C=O) groups is 2. The van der Waals surface area contributed by atoms with E-state index in [0.717, 1.165) is 42.9 Å². The molecule has 2 aromatic carbocycles. The average Bonchev–Trinajstić information content (AvgIpc) is 2.59. The summed E-state index contributed by atoms with van der Waals surface area (Å²) in [6.45, 7) is 11.5. The van der Waals surface area contributed by atoms with Crippen LogP contribution in [0.4, 0.5) is 5.69 Å². The number of hydrogen-bond donors (Lipinski definition) is 1. The molecule has 150 valence electrons. The Bertz CT molecular complexity index is 888. The minimum Gasteiger partial charge on any atom is -0.452 e. The first kappa shape index (κ1) is 22.5. The SMILES string of the molecule is Cc1cc(C)c(NC(=O)C(C)OC(=O)CSc2cc(C)c(Br)cc2C)c(C)c1. The quantitative estimate of drug-likeness (QED) is 0.443. The Kier molecular flexibility index (Phi) is 7.72. The molecule has 1 N–H and O–H groups in total. The highest BCUT2D eigenvalue weighted by Gasteiger charge is 2.20. The van der Waals surface area contributed by atoms with E-state index in [0.29, 0.717) is 0 Å². The van der Waals surface area contributed by atoms with Gasteiger partial charge in [0, 0.05) is 15.1 Å². The number of thioether (sulfide) groups is 1. The second-order valence-electron chi connectivity index (χ2n) is 7.05. The topological polar surface area (TPSA) is 55.4 Å². The molecule has 2 aromatic rings. The largest absolute Gasteiger partial charge is 0.452 e. The highest BCUT2D eigenvalue weighted by molar-refractivity contribution is 9.10. The Morgan fingerprint density at radius 3 is 2.21 bits per heavy atom. The maximum absolute atomic E-state index is 12.4. The van der Waals surface area contributed by atoms with Crippen LogP contribution in [0, 0.1) is 34.6 Å². The van der Waals surface area contributed by atoms with Gasteiger partial charge in [-0.25, -0.2) is 0 Å². The van der Waals surface area contributed by atoms with Crippen molar-refractivity contribution in [1.29, 1.82) is 0 Å². The third-order valence-corrected chi connectivity index (χ3v) is 6.39. The zero-order chi connectivity index (χ0) is 21.0. The first-order valence-corrected chi connectivity index (χ1v) is 10.8. The van der Waals surface area contributed by atoms with Crippen molar-refractivity contribution in [2.75, 3.05) is 11.1 Å². The Morgan fingerprint density at radius 1 is 1.00 bits per heavy atom. The molecule has 0 spiro atoms. The summed E-state index contributed by atoms with van der Waals surface area (Å²) in [5, 5.41) is 2.88. The molecule has 0 aromatic heterocycles. The van der Waals surface area contributed by atoms with Crippen LogP contribution < -0.4 is 5.32 Å². The second-order valence-corrected chi connectivity index (χ2v) is 8.92. The van der Waals surface area contributed by atoms with Crippen molar-refractivity contribution in [2.24, 2.45) is 0 Å². The molecule has 0 aliphatic carbocycles. The predicted octanol–water partition coefficient (Wildman–Crippen LogP) is 5.65. The number of ether oxygens (including phenoxy) is 1. The Labute approximate surface area is 179 Å². The summed E-state index contributed by atoms with van der Waals surface area (Å²) in [5.74, 6) is -0.587. The first-order chi connectivity index (χ1) is 13.1. The molecule has 0 radical (unpaired) electrons. The van der Waals surface area contributed by atoms with E-state index in [1.807, 2.05) is 58.9 Å². The lowest BCUT2D eigenvalue weighted by Crippen LogP contribution is -2.31. The van der Waals surface area contributed by atoms with Gasteiger partial charge < -0.3 is 10.1 Å². The molecule has 0 bridgehead atoms. The summed E-state index contributed by atoms with van der Waals surface area (Å²) in [6, 6.07) is 8.10. The van der Waals surface area contributed by atoms with Crippen molar-refractivity contribution in [3.63, 3.8) is 0 Å². The number of halogens is 1. The van der Waals surface area contributed by atoms with E-state index in [2.05, 4.69) is 21.2 Å². The minimum atomic E-state index is -0.860. The van der Waals surface area contributed by atoms with E-state index in [1.54, 1.807) is 6.92 Å². The summed E-state index contributed by atoms with van der Waals surface area (Å²) in [5.41, 5.74) is 6.09. The molecular weight excluding hydrogens is 438 g/mol. The van der Waals surface area contributed by atoms with E-state index in [1.165, 1.54) is 11.8 Å². The molecule has 4 nitrogen and oxygen atoms in total. The standard InChI is InChI=1S/C22H26BrNO3S/c1-12-7-15(4)21(16(5)8-12)24-22(26)17(6)27-20(25)11-28-19-10-13(2)18(23)9-14(19)3/h7-10,17H,11H2,1-6H3,(H,24,26). The fourth-order valence-corrected chi connectivity index (χ4v) is 4.28. The number of anilines is 1. The van der Waals surface area contributed by atoms with Crippen LogP contribution in [0.1, 0.15) is 34.7 Å². The highest BCUT2D eigenvalue weighted by Crippen LogP contribution is 2.28. The van der Waals surface area contributed by atoms with Gasteiger partial charge in [0.15, 0.2) is 6.10 Å². The van der Waals surface area contributed by atoms with E-state index in [9.17, 15) is 9.59 Å². The van der Waals surface area contributed by atoms with Gasteiger partial charge in [-0.1, -0.05) is 33.6 Å². The summed E-state index contributed by atoms with van der Waals surface area (Å²) < 4.78 is 6.37. The smallest absolute Gasteiger partial charge is 0.317 e. The second kappa shape index (κ2) is 9.61. The molecule has 0 aliphatic rings. The van der Waals surface area contributed by atoms with Crippen LogP contribution in [0.2, 0.25) is 0 Å². The zero-order valence-electron chi connectivity index (χ0n) is 17.1. The first-order valence-electron chi connectivity index (χ1n) is 9.06. The molecule has 0 fully saturated rings. The molecule has 0 saturated heterocycles. The van der Waals surface area contributed by atoms with Gasteiger partial charge in [0.1, 0.15) is 0 Å². The fraction of sp³-hybridized carbons (Fsp3) is 0.364. The van der Waals surface area contributed by atoms with Gasteiger partial charge in [-0.15, -0.1) is 11.8 Å². The molecule has 28 heavy (non-hydrogen) atoms. The van der Waals surface area contributed by atoms with Crippen molar-refractivity contribution in [2.45, 2.75) is 52.5 Å². The third kappa shape index (κ3) is 5.85. The van der Waals surface area contributed by atoms with Crippen LogP contribution in [0.3, 0.4) is 0 Å². The summed E-state index contributed by atoms with van der Waals surface area (Å²) >= 11 is 4.92. The van der Waals surface area contributed by atoms with Gasteiger partial charge in [0.2, 0.25) is 0 Å². The molecule has 1 unspecified atom stereocenters. The van der Waals surface area contributed by atoms with Crippen LogP contribution in [-0.2, 0) is 14.3 Å². The molecule has 0 saturated carbocycles. The lowest BCUT2D eigenvalue weighted by molar-refractivity contribution is -0.150. The zero-order valence-corrected chi connectivity index (χ0v) is 19.5. The summed E-state index contributed by atoms with van der Waals surface area (Å²) in [7, 11) is 0. The molecule has 1 amide bonds. The fourth-order valence-electron chi connectivity index (χ4n) is 2.93. The minimum absolute atomic E-state index is 0.155. The van der Waals surface area contributed by atoms with Crippen molar-refractivity contribution >= 4 is 45.3 Å². The van der Waals surface area contributed by atoms with Gasteiger partial charge in [-0.05, 0) is 75.9 Å². The van der Waals surface area contributed by atoms with Crippen LogP contribution in [-0.4, -0.2) is 23.7 Å². The van der Waals surface area contributed by atoms with Gasteiger partial charge in [-0.2, -0.15) is 0 Å². The number of esters is 1. The van der Waals surface area contributed by atoms with E-state index in [-0.39, 0.29) is 11.7 Å². The Morgan fingerprint density at radius 2 is 1.61 bits per heavy atom. The predicted molar refractivity (Wildman–Crippen MR) is 119 cm³/mol. The van der Waals surface area contributed by atoms with Crippen LogP contribution >= 0.6 is 27.7 Å². The van der Waals surface area contributed by atoms with E-state index >= 15 is 0 Å². The van der Waals surface area contributed by atoms with Gasteiger partial charge in [0.25, 0.3) is 5.91 Å². The number of hydrogen-bond acceptors (Lipinski definition) is 4. The van der Waals surface area contributed by atoms with Crippen molar-refractivity contribution in [3.8, 4) is 0 Å². The monoisotopic (exact) mass is 463 g/mol. The van der Waals surface area contributed by atoms with Crippen LogP contribution in [0.25, 0.3) is 0 Å². The lowest BCUT2D eigenvalue weighted by Gasteiger charge is -2.17. The van der Waals surface area contributed by atoms with Gasteiger partial charge in [0.05, 0.1) is 5.75 Å². The van der Waals surface area contributed by atoms with E-state index in [4.69, 9.17) is 4.74 Å². The summed E-state index contributed by atoms with van der Waals surface area (Å²) in [6.07, 6.45) is -0.860. The molecule has 0 aliphatic heterocycles. The normalized spacial score (nSPS) is 11.8. The molecule has 1 atom stereocenters. The number of benzene rings is 2. The maximum atomic E-state index is 12.4. The summed E-state index contributed by atoms with van der Waals surface area (Å²) in [4.78, 5) is 25.7. The van der Waals surface area contributed by atoms with E-state index < -0.39 is 12.1 Å². The molecule has 0 heterocycles. The molecular formula is C22H26BrNO3S. The lowest BCUT2D eigenvalue weighted by atomic mass is 10.0. The Hall–Kier alpha value is -1.79. The van der Waals surface area contributed by atoms with Gasteiger partial charge >= 0.3 is 5.97 Å².